The fourth-order valence-corrected chi connectivity index (χ4v) is 3.73. The number of ether oxygens (including phenoxy) is 1. The zero-order valence-electron chi connectivity index (χ0n) is 18.5. The molecule has 1 aliphatic carbocycles. The number of hydrogen-bond acceptors (Lipinski definition) is 4. The molecule has 0 spiro atoms. The van der Waals surface area contributed by atoms with E-state index in [-0.39, 0.29) is 24.5 Å². The van der Waals surface area contributed by atoms with E-state index in [0.29, 0.717) is 12.5 Å². The first kappa shape index (κ1) is 23.2. The summed E-state index contributed by atoms with van der Waals surface area (Å²) in [5.74, 6) is 0.510. The largest absolute Gasteiger partial charge is 0.444 e. The first-order valence-corrected chi connectivity index (χ1v) is 10.7. The van der Waals surface area contributed by atoms with Gasteiger partial charge in [-0.15, -0.1) is 0 Å². The summed E-state index contributed by atoms with van der Waals surface area (Å²) >= 11 is 0. The standard InChI is InChI=1S/C23H37N3O3/c1-17(15-24-22(28)29-23(2,3)4)26(5)16-20(27)25-21(19-13-9-10-14-19)18-11-7-6-8-12-18/h6-8,11-12,17,19,21H,9-10,13-16H2,1-5H3,(H,24,28)(H,25,27). The molecule has 2 atom stereocenters. The molecule has 1 aromatic carbocycles. The molecule has 0 radical (unpaired) electrons. The fraction of sp³-hybridized carbons (Fsp3) is 0.652. The molecule has 0 aliphatic heterocycles. The highest BCUT2D eigenvalue weighted by atomic mass is 16.6. The highest BCUT2D eigenvalue weighted by molar-refractivity contribution is 5.78. The predicted molar refractivity (Wildman–Crippen MR) is 116 cm³/mol. The molecule has 6 nitrogen and oxygen atoms in total. The summed E-state index contributed by atoms with van der Waals surface area (Å²) in [4.78, 5) is 26.5. The number of likely N-dealkylation sites (N-methyl/N-ethyl adjacent to an activating group) is 1. The number of hydrogen-bond donors (Lipinski definition) is 2. The number of alkyl carbamates (subject to hydrolysis) is 1. The summed E-state index contributed by atoms with van der Waals surface area (Å²) in [7, 11) is 1.90. The van der Waals surface area contributed by atoms with Gasteiger partial charge < -0.3 is 15.4 Å². The number of carbonyl (C=O) groups excluding carboxylic acids is 2. The lowest BCUT2D eigenvalue weighted by molar-refractivity contribution is -0.123. The Labute approximate surface area is 175 Å². The number of nitrogens with zero attached hydrogens (tertiary/aromatic N) is 1. The fourth-order valence-electron chi connectivity index (χ4n) is 3.73. The molecular formula is C23H37N3O3. The van der Waals surface area contributed by atoms with E-state index in [9.17, 15) is 9.59 Å². The Bertz CT molecular complexity index is 651. The van der Waals surface area contributed by atoms with E-state index in [0.717, 1.165) is 12.8 Å². The van der Waals surface area contributed by atoms with Gasteiger partial charge in [0.25, 0.3) is 0 Å². The monoisotopic (exact) mass is 403 g/mol. The maximum absolute atomic E-state index is 12.8. The SMILES string of the molecule is CC(CNC(=O)OC(C)(C)C)N(C)CC(=O)NC(c1ccccc1)C1CCCC1. The summed E-state index contributed by atoms with van der Waals surface area (Å²) in [6.45, 7) is 8.19. The van der Waals surface area contributed by atoms with E-state index in [1.54, 1.807) is 0 Å². The first-order valence-electron chi connectivity index (χ1n) is 10.7. The van der Waals surface area contributed by atoms with E-state index in [4.69, 9.17) is 4.74 Å². The smallest absolute Gasteiger partial charge is 0.407 e. The molecule has 1 saturated carbocycles. The zero-order valence-corrected chi connectivity index (χ0v) is 18.5. The van der Waals surface area contributed by atoms with Gasteiger partial charge in [-0.1, -0.05) is 43.2 Å². The average Bonchev–Trinajstić information content (AvgIpc) is 3.17. The van der Waals surface area contributed by atoms with Crippen molar-refractivity contribution in [1.82, 2.24) is 15.5 Å². The number of nitrogens with one attached hydrogen (secondary N) is 2. The van der Waals surface area contributed by atoms with Gasteiger partial charge in [-0.25, -0.2) is 4.79 Å². The zero-order chi connectivity index (χ0) is 21.4. The maximum atomic E-state index is 12.8. The molecule has 162 valence electrons. The van der Waals surface area contributed by atoms with Crippen LogP contribution >= 0.6 is 0 Å². The molecule has 1 aliphatic rings. The minimum atomic E-state index is -0.522. The van der Waals surface area contributed by atoms with Crippen LogP contribution in [0.2, 0.25) is 0 Å². The van der Waals surface area contributed by atoms with Gasteiger partial charge >= 0.3 is 6.09 Å². The summed E-state index contributed by atoms with van der Waals surface area (Å²) in [5.41, 5.74) is 0.654. The molecule has 2 N–H and O–H groups in total. The van der Waals surface area contributed by atoms with Crippen LogP contribution in [0.3, 0.4) is 0 Å². The lowest BCUT2D eigenvalue weighted by Gasteiger charge is -2.29. The van der Waals surface area contributed by atoms with Crippen LogP contribution in [0.1, 0.15) is 65.0 Å². The first-order chi connectivity index (χ1) is 13.7. The van der Waals surface area contributed by atoms with Crippen LogP contribution in [0.4, 0.5) is 4.79 Å². The van der Waals surface area contributed by atoms with Gasteiger partial charge in [-0.05, 0) is 59.1 Å². The number of rotatable bonds is 8. The Morgan fingerprint density at radius 3 is 2.38 bits per heavy atom. The number of benzene rings is 1. The van der Waals surface area contributed by atoms with Gasteiger partial charge in [0.1, 0.15) is 5.60 Å². The molecular weight excluding hydrogens is 366 g/mol. The van der Waals surface area contributed by atoms with Crippen LogP contribution in [0.25, 0.3) is 0 Å². The molecule has 2 rings (SSSR count). The van der Waals surface area contributed by atoms with Gasteiger partial charge in [0, 0.05) is 12.6 Å². The molecule has 2 unspecified atom stereocenters. The lowest BCUT2D eigenvalue weighted by atomic mass is 9.91. The van der Waals surface area contributed by atoms with Gasteiger partial charge in [-0.2, -0.15) is 0 Å². The molecule has 1 fully saturated rings. The van der Waals surface area contributed by atoms with E-state index < -0.39 is 11.7 Å². The molecule has 1 aromatic rings. The second-order valence-corrected chi connectivity index (χ2v) is 9.15. The Kier molecular flexibility index (Phi) is 8.50. The van der Waals surface area contributed by atoms with Crippen LogP contribution in [0.15, 0.2) is 30.3 Å². The second-order valence-electron chi connectivity index (χ2n) is 9.15. The summed E-state index contributed by atoms with van der Waals surface area (Å²) in [6.07, 6.45) is 4.35. The molecule has 0 heterocycles. The molecule has 6 heteroatoms. The third-order valence-corrected chi connectivity index (χ3v) is 5.43. The van der Waals surface area contributed by atoms with E-state index in [2.05, 4.69) is 22.8 Å². The third-order valence-electron chi connectivity index (χ3n) is 5.43. The van der Waals surface area contributed by atoms with E-state index in [1.165, 1.54) is 18.4 Å². The topological polar surface area (TPSA) is 70.7 Å². The Morgan fingerprint density at radius 1 is 1.17 bits per heavy atom. The molecule has 0 bridgehead atoms. The normalized spacial score (nSPS) is 17.0. The van der Waals surface area contributed by atoms with Crippen molar-refractivity contribution in [2.24, 2.45) is 5.92 Å². The van der Waals surface area contributed by atoms with Crippen molar-refractivity contribution in [3.8, 4) is 0 Å². The van der Waals surface area contributed by atoms with Crippen LogP contribution in [-0.2, 0) is 9.53 Å². The van der Waals surface area contributed by atoms with Crippen molar-refractivity contribution >= 4 is 12.0 Å². The lowest BCUT2D eigenvalue weighted by Crippen LogP contribution is -2.46. The molecule has 2 amide bonds. The Morgan fingerprint density at radius 2 is 1.79 bits per heavy atom. The van der Waals surface area contributed by atoms with Crippen molar-refractivity contribution < 1.29 is 14.3 Å². The number of carbonyl (C=O) groups is 2. The minimum Gasteiger partial charge on any atom is -0.444 e. The van der Waals surface area contributed by atoms with Gasteiger partial charge in [0.2, 0.25) is 5.91 Å². The van der Waals surface area contributed by atoms with Crippen molar-refractivity contribution in [3.63, 3.8) is 0 Å². The summed E-state index contributed by atoms with van der Waals surface area (Å²) in [5, 5.41) is 6.03. The van der Waals surface area contributed by atoms with E-state index in [1.807, 2.05) is 57.8 Å². The maximum Gasteiger partial charge on any atom is 0.407 e. The van der Waals surface area contributed by atoms with E-state index >= 15 is 0 Å². The minimum absolute atomic E-state index is 0.00919. The van der Waals surface area contributed by atoms with Crippen LogP contribution in [0, 0.1) is 5.92 Å². The predicted octanol–water partition coefficient (Wildman–Crippen LogP) is 3.88. The quantitative estimate of drug-likeness (QED) is 0.691. The molecule has 29 heavy (non-hydrogen) atoms. The van der Waals surface area contributed by atoms with Gasteiger partial charge in [0.15, 0.2) is 0 Å². The number of amides is 2. The third kappa shape index (κ3) is 8.05. The Hall–Kier alpha value is -2.08. The Balaban J connectivity index is 1.86. The second kappa shape index (κ2) is 10.6. The van der Waals surface area contributed by atoms with Crippen molar-refractivity contribution in [1.29, 1.82) is 0 Å². The van der Waals surface area contributed by atoms with Crippen LogP contribution < -0.4 is 10.6 Å². The van der Waals surface area contributed by atoms with Gasteiger partial charge in [0.05, 0.1) is 12.6 Å². The van der Waals surface area contributed by atoms with Crippen molar-refractivity contribution in [2.75, 3.05) is 20.1 Å². The van der Waals surface area contributed by atoms with Crippen molar-refractivity contribution in [3.05, 3.63) is 35.9 Å². The summed E-state index contributed by atoms with van der Waals surface area (Å²) in [6, 6.07) is 10.3. The highest BCUT2D eigenvalue weighted by Gasteiger charge is 2.28. The average molecular weight is 404 g/mol. The van der Waals surface area contributed by atoms with Crippen LogP contribution in [0.5, 0.6) is 0 Å². The summed E-state index contributed by atoms with van der Waals surface area (Å²) < 4.78 is 5.26. The molecule has 0 aromatic heterocycles. The van der Waals surface area contributed by atoms with Crippen molar-refractivity contribution in [2.45, 2.75) is 71.1 Å². The van der Waals surface area contributed by atoms with Crippen LogP contribution in [-0.4, -0.2) is 48.7 Å². The highest BCUT2D eigenvalue weighted by Crippen LogP contribution is 2.35. The van der Waals surface area contributed by atoms with Gasteiger partial charge in [-0.3, -0.25) is 9.69 Å². The molecule has 0 saturated heterocycles.